The van der Waals surface area contributed by atoms with Gasteiger partial charge in [-0.2, -0.15) is 0 Å². The zero-order valence-electron chi connectivity index (χ0n) is 13.7. The molecule has 0 spiro atoms. The molecule has 0 aliphatic carbocycles. The molecule has 0 bridgehead atoms. The highest BCUT2D eigenvalue weighted by molar-refractivity contribution is 4.99. The summed E-state index contributed by atoms with van der Waals surface area (Å²) in [5.41, 5.74) is 0. The van der Waals surface area contributed by atoms with Gasteiger partial charge in [0.15, 0.2) is 0 Å². The van der Waals surface area contributed by atoms with E-state index >= 15 is 0 Å². The first-order valence-electron chi connectivity index (χ1n) is 8.51. The molecule has 0 radical (unpaired) electrons. The van der Waals surface area contributed by atoms with Gasteiger partial charge in [-0.3, -0.25) is 0 Å². The highest BCUT2D eigenvalue weighted by Gasteiger charge is 1.85. The van der Waals surface area contributed by atoms with Crippen LogP contribution in [0.2, 0.25) is 0 Å². The summed E-state index contributed by atoms with van der Waals surface area (Å²) in [6.07, 6.45) is 30.6. The number of hydrogen-bond donors (Lipinski definition) is 0. The zero-order valence-corrected chi connectivity index (χ0v) is 13.7. The second-order valence-corrected chi connectivity index (χ2v) is 5.20. The fraction of sp³-hybridized carbons (Fsp3) is 0.600. The second kappa shape index (κ2) is 18.0. The van der Waals surface area contributed by atoms with Crippen molar-refractivity contribution in [2.75, 3.05) is 0 Å². The van der Waals surface area contributed by atoms with E-state index in [1.54, 1.807) is 0 Å². The van der Waals surface area contributed by atoms with Crippen molar-refractivity contribution < 1.29 is 0 Å². The maximum atomic E-state index is 2.33. The number of allylic oxidation sites excluding steroid dienone is 8. The van der Waals surface area contributed by atoms with E-state index in [2.05, 4.69) is 62.5 Å². The molecule has 0 saturated heterocycles. The Morgan fingerprint density at radius 3 is 1.55 bits per heavy atom. The third-order valence-corrected chi connectivity index (χ3v) is 3.19. The Kier molecular flexibility index (Phi) is 17.0. The predicted octanol–water partition coefficient (Wildman–Crippen LogP) is 7.15. The molecule has 0 N–H and O–H groups in total. The van der Waals surface area contributed by atoms with Crippen LogP contribution in [-0.4, -0.2) is 0 Å². The Bertz CT molecular complexity index is 278. The lowest BCUT2D eigenvalue weighted by Crippen LogP contribution is -1.75. The van der Waals surface area contributed by atoms with Crippen molar-refractivity contribution in [1.82, 2.24) is 0 Å². The average molecular weight is 274 g/mol. The maximum Gasteiger partial charge on any atom is -0.0169 e. The summed E-state index contributed by atoms with van der Waals surface area (Å²) in [5.74, 6) is 0. The molecule has 0 rings (SSSR count). The molecule has 0 atom stereocenters. The van der Waals surface area contributed by atoms with Crippen LogP contribution in [0.25, 0.3) is 0 Å². The lowest BCUT2D eigenvalue weighted by molar-refractivity contribution is 0.637. The minimum Gasteiger partial charge on any atom is -0.0885 e. The number of rotatable bonds is 13. The van der Waals surface area contributed by atoms with Crippen LogP contribution in [0.1, 0.15) is 78.1 Å². The normalized spacial score (nSPS) is 12.7. The Balaban J connectivity index is 3.32. The van der Waals surface area contributed by atoms with Crippen molar-refractivity contribution in [2.45, 2.75) is 78.1 Å². The van der Waals surface area contributed by atoms with E-state index in [-0.39, 0.29) is 0 Å². The van der Waals surface area contributed by atoms with Crippen LogP contribution in [-0.2, 0) is 0 Å². The van der Waals surface area contributed by atoms with Gasteiger partial charge in [0.2, 0.25) is 0 Å². The molecule has 0 heterocycles. The van der Waals surface area contributed by atoms with E-state index < -0.39 is 0 Å². The molecule has 114 valence electrons. The minimum absolute atomic E-state index is 1.06. The summed E-state index contributed by atoms with van der Waals surface area (Å²) in [7, 11) is 0. The van der Waals surface area contributed by atoms with Crippen molar-refractivity contribution in [3.05, 3.63) is 48.6 Å². The second-order valence-electron chi connectivity index (χ2n) is 5.20. The summed E-state index contributed by atoms with van der Waals surface area (Å²) < 4.78 is 0. The fourth-order valence-electron chi connectivity index (χ4n) is 1.96. The molecule has 0 heteroatoms. The molecule has 0 aromatic rings. The van der Waals surface area contributed by atoms with Gasteiger partial charge < -0.3 is 0 Å². The zero-order chi connectivity index (χ0) is 14.7. The van der Waals surface area contributed by atoms with Gasteiger partial charge in [0, 0.05) is 0 Å². The highest BCUT2D eigenvalue weighted by atomic mass is 13.9. The molecule has 0 aliphatic rings. The number of hydrogen-bond acceptors (Lipinski definition) is 0. The first-order valence-corrected chi connectivity index (χ1v) is 8.51. The van der Waals surface area contributed by atoms with Crippen LogP contribution in [0.4, 0.5) is 0 Å². The molecule has 0 aromatic carbocycles. The van der Waals surface area contributed by atoms with Crippen LogP contribution in [0.5, 0.6) is 0 Å². The van der Waals surface area contributed by atoms with Gasteiger partial charge in [-0.25, -0.2) is 0 Å². The van der Waals surface area contributed by atoms with Crippen LogP contribution >= 0.6 is 0 Å². The maximum absolute atomic E-state index is 2.33. The molecule has 0 unspecified atom stereocenters. The first kappa shape index (κ1) is 19.0. The van der Waals surface area contributed by atoms with Crippen molar-refractivity contribution in [1.29, 1.82) is 0 Å². The minimum atomic E-state index is 1.06. The van der Waals surface area contributed by atoms with E-state index in [4.69, 9.17) is 0 Å². The van der Waals surface area contributed by atoms with Gasteiger partial charge in [0.05, 0.1) is 0 Å². The average Bonchev–Trinajstić information content (AvgIpc) is 2.47. The van der Waals surface area contributed by atoms with Crippen LogP contribution < -0.4 is 0 Å². The summed E-state index contributed by atoms with van der Waals surface area (Å²) in [6.45, 7) is 4.44. The third-order valence-electron chi connectivity index (χ3n) is 3.19. The van der Waals surface area contributed by atoms with Crippen LogP contribution in [0.3, 0.4) is 0 Å². The summed E-state index contributed by atoms with van der Waals surface area (Å²) in [4.78, 5) is 0. The summed E-state index contributed by atoms with van der Waals surface area (Å²) in [6, 6.07) is 0. The van der Waals surface area contributed by atoms with Crippen molar-refractivity contribution in [3.8, 4) is 0 Å². The van der Waals surface area contributed by atoms with Gasteiger partial charge in [-0.1, -0.05) is 88.1 Å². The molecular weight excluding hydrogens is 240 g/mol. The Morgan fingerprint density at radius 2 is 1.00 bits per heavy atom. The Labute approximate surface area is 127 Å². The van der Waals surface area contributed by atoms with E-state index in [0.29, 0.717) is 0 Å². The SMILES string of the molecule is CC/C=C/C/C=C/C/C=C/C/C=C/CCCCCCC. The predicted molar refractivity (Wildman–Crippen MR) is 94.1 cm³/mol. The first-order chi connectivity index (χ1) is 9.91. The van der Waals surface area contributed by atoms with Gasteiger partial charge in [0.25, 0.3) is 0 Å². The van der Waals surface area contributed by atoms with Crippen molar-refractivity contribution in [2.24, 2.45) is 0 Å². The molecule has 0 amide bonds. The van der Waals surface area contributed by atoms with Gasteiger partial charge in [0.1, 0.15) is 0 Å². The fourth-order valence-corrected chi connectivity index (χ4v) is 1.96. The largest absolute Gasteiger partial charge is 0.0885 e. The molecule has 0 nitrogen and oxygen atoms in total. The van der Waals surface area contributed by atoms with E-state index in [1.165, 1.54) is 38.5 Å². The van der Waals surface area contributed by atoms with Crippen LogP contribution in [0.15, 0.2) is 48.6 Å². The third kappa shape index (κ3) is 17.0. The molecule has 0 fully saturated rings. The smallest absolute Gasteiger partial charge is 0.0169 e. The van der Waals surface area contributed by atoms with Crippen LogP contribution in [0, 0.1) is 0 Å². The van der Waals surface area contributed by atoms with E-state index in [1.807, 2.05) is 0 Å². The topological polar surface area (TPSA) is 0 Å². The van der Waals surface area contributed by atoms with Crippen molar-refractivity contribution >= 4 is 0 Å². The highest BCUT2D eigenvalue weighted by Crippen LogP contribution is 2.05. The molecule has 0 aliphatic heterocycles. The Morgan fingerprint density at radius 1 is 0.500 bits per heavy atom. The van der Waals surface area contributed by atoms with Gasteiger partial charge >= 0.3 is 0 Å². The lowest BCUT2D eigenvalue weighted by atomic mass is 10.1. The molecule has 0 saturated carbocycles. The summed E-state index contributed by atoms with van der Waals surface area (Å²) in [5, 5.41) is 0. The van der Waals surface area contributed by atoms with E-state index in [9.17, 15) is 0 Å². The quantitative estimate of drug-likeness (QED) is 0.247. The number of unbranched alkanes of at least 4 members (excludes halogenated alkanes) is 5. The van der Waals surface area contributed by atoms with E-state index in [0.717, 1.165) is 25.7 Å². The van der Waals surface area contributed by atoms with Gasteiger partial charge in [-0.15, -0.1) is 0 Å². The molecular formula is C20H34. The molecule has 0 aromatic heterocycles. The Hall–Kier alpha value is -1.04. The summed E-state index contributed by atoms with van der Waals surface area (Å²) >= 11 is 0. The molecule has 20 heavy (non-hydrogen) atoms. The lowest BCUT2D eigenvalue weighted by Gasteiger charge is -1.95. The monoisotopic (exact) mass is 274 g/mol. The van der Waals surface area contributed by atoms with Crippen molar-refractivity contribution in [3.63, 3.8) is 0 Å². The van der Waals surface area contributed by atoms with Gasteiger partial charge in [-0.05, 0) is 38.5 Å². The standard InChI is InChI=1S/C20H34/c1-3-5-7-9-11-13-15-17-19-20-18-16-14-12-10-8-6-4-2/h5,7,11,13,16-19H,3-4,6,8-10,12,14-15,20H2,1-2H3/b7-5+,13-11+,18-16+,19-17+.